The van der Waals surface area contributed by atoms with Gasteiger partial charge < -0.3 is 5.32 Å². The number of benzene rings is 3. The quantitative estimate of drug-likeness (QED) is 0.166. The molecule has 7 rings (SSSR count). The average molecular weight is 582 g/mol. The molecule has 1 N–H and O–H groups in total. The number of halogens is 1. The molecular weight excluding hydrogens is 553 g/mol. The molecule has 0 aliphatic heterocycles. The van der Waals surface area contributed by atoms with E-state index in [-0.39, 0.29) is 17.7 Å². The van der Waals surface area contributed by atoms with Gasteiger partial charge >= 0.3 is 0 Å². The van der Waals surface area contributed by atoms with Gasteiger partial charge in [0.05, 0.1) is 17.6 Å². The van der Waals surface area contributed by atoms with Gasteiger partial charge in [-0.05, 0) is 60.2 Å². The predicted octanol–water partition coefficient (Wildman–Crippen LogP) is 6.78. The minimum absolute atomic E-state index is 0.119. The van der Waals surface area contributed by atoms with E-state index < -0.39 is 5.95 Å². The maximum absolute atomic E-state index is 15.1. The van der Waals surface area contributed by atoms with Crippen molar-refractivity contribution < 1.29 is 9.18 Å². The molecule has 1 amide bonds. The van der Waals surface area contributed by atoms with E-state index >= 15 is 4.39 Å². The monoisotopic (exact) mass is 581 g/mol. The van der Waals surface area contributed by atoms with Gasteiger partial charge in [-0.3, -0.25) is 9.48 Å². The molecule has 9 heteroatoms. The minimum atomic E-state index is -0.573. The molecule has 3 aromatic heterocycles. The van der Waals surface area contributed by atoms with E-state index in [1.165, 1.54) is 6.20 Å². The zero-order valence-corrected chi connectivity index (χ0v) is 24.1. The van der Waals surface area contributed by atoms with Gasteiger partial charge in [0.25, 0.3) is 0 Å². The second-order valence-corrected chi connectivity index (χ2v) is 11.0. The summed E-state index contributed by atoms with van der Waals surface area (Å²) < 4.78 is 16.9. The van der Waals surface area contributed by atoms with Crippen LogP contribution in [0.15, 0.2) is 109 Å². The number of hydrogen-bond donors (Lipinski definition) is 1. The van der Waals surface area contributed by atoms with Crippen LogP contribution in [0, 0.1) is 18.8 Å². The fourth-order valence-corrected chi connectivity index (χ4v) is 5.61. The number of nitrogens with zero attached hydrogens (tertiary/aromatic N) is 6. The number of fused-ring (bicyclic) bond motifs is 1. The number of aliphatic imine (C=N–C) groups is 1. The summed E-state index contributed by atoms with van der Waals surface area (Å²) in [5.74, 6) is -0.394. The number of anilines is 1. The zero-order valence-electron chi connectivity index (χ0n) is 24.1. The van der Waals surface area contributed by atoms with Gasteiger partial charge in [0.1, 0.15) is 5.52 Å². The Labute approximate surface area is 253 Å². The van der Waals surface area contributed by atoms with Gasteiger partial charge in [0, 0.05) is 47.4 Å². The topological polar surface area (TPSA) is 97.9 Å². The third-order valence-electron chi connectivity index (χ3n) is 7.93. The van der Waals surface area contributed by atoms with Gasteiger partial charge in [-0.15, -0.1) is 10.2 Å². The Kier molecular flexibility index (Phi) is 6.98. The number of aryl methyl sites for hydroxylation is 2. The van der Waals surface area contributed by atoms with Crippen LogP contribution < -0.4 is 5.32 Å². The lowest BCUT2D eigenvalue weighted by molar-refractivity contribution is -0.117. The first kappa shape index (κ1) is 27.3. The van der Waals surface area contributed by atoms with Crippen LogP contribution in [0.3, 0.4) is 0 Å². The normalized spacial score (nSPS) is 15.6. The van der Waals surface area contributed by atoms with E-state index in [2.05, 4.69) is 25.6 Å². The van der Waals surface area contributed by atoms with Crippen molar-refractivity contribution in [2.45, 2.75) is 19.3 Å². The summed E-state index contributed by atoms with van der Waals surface area (Å²) in [5.41, 5.74) is 6.40. The first-order valence-corrected chi connectivity index (χ1v) is 14.4. The van der Waals surface area contributed by atoms with Crippen molar-refractivity contribution in [1.82, 2.24) is 25.0 Å². The fourth-order valence-electron chi connectivity index (χ4n) is 5.61. The molecule has 0 bridgehead atoms. The predicted molar refractivity (Wildman–Crippen MR) is 168 cm³/mol. The van der Waals surface area contributed by atoms with Crippen LogP contribution in [0.5, 0.6) is 0 Å². The Balaban J connectivity index is 1.33. The van der Waals surface area contributed by atoms with Crippen molar-refractivity contribution in [2.75, 3.05) is 5.32 Å². The summed E-state index contributed by atoms with van der Waals surface area (Å²) in [6, 6.07) is 26.9. The van der Waals surface area contributed by atoms with Crippen molar-refractivity contribution in [3.63, 3.8) is 0 Å². The number of amides is 1. The Morgan fingerprint density at radius 2 is 1.70 bits per heavy atom. The molecule has 0 saturated heterocycles. The Hall–Kier alpha value is -5.57. The molecule has 0 radical (unpaired) electrons. The van der Waals surface area contributed by atoms with Crippen LogP contribution >= 0.6 is 0 Å². The summed E-state index contributed by atoms with van der Waals surface area (Å²) in [6.45, 7) is 1.84. The van der Waals surface area contributed by atoms with E-state index in [0.29, 0.717) is 33.5 Å². The van der Waals surface area contributed by atoms with Crippen molar-refractivity contribution in [1.29, 1.82) is 0 Å². The highest BCUT2D eigenvalue weighted by molar-refractivity contribution is 6.15. The first-order valence-electron chi connectivity index (χ1n) is 14.4. The van der Waals surface area contributed by atoms with E-state index in [0.717, 1.165) is 34.4 Å². The second-order valence-electron chi connectivity index (χ2n) is 11.0. The fraction of sp³-hybridized carbons (Fsp3) is 0.143. The first-order chi connectivity index (χ1) is 21.4. The molecule has 1 aliphatic rings. The summed E-state index contributed by atoms with van der Waals surface area (Å²) >= 11 is 0. The van der Waals surface area contributed by atoms with Crippen LogP contribution in [-0.4, -0.2) is 36.6 Å². The molecule has 6 aromatic rings. The van der Waals surface area contributed by atoms with E-state index in [1.807, 2.05) is 93.0 Å². The molecule has 0 unspecified atom stereocenters. The number of aromatic nitrogens is 5. The second kappa shape index (κ2) is 11.3. The van der Waals surface area contributed by atoms with E-state index in [1.54, 1.807) is 23.0 Å². The van der Waals surface area contributed by atoms with E-state index in [4.69, 9.17) is 4.99 Å². The standard InChI is InChI=1S/C35H28FN7O/c1-21-13-14-37-34(36)31(21)24-15-25-17-30(40-35(44)28-18-27(28)26-19-38-43(2)20-26)41-42-33(25)29(16-24)39-32(22-9-5-3-6-10-22)23-11-7-4-8-12-23/h3-17,19-20,27-28H,18H2,1-2H3,(H,40,41,44)/t27-,28+/m1/s1. The Morgan fingerprint density at radius 3 is 2.36 bits per heavy atom. The van der Waals surface area contributed by atoms with Gasteiger partial charge in [0.2, 0.25) is 11.9 Å². The Bertz CT molecular complexity index is 1980. The smallest absolute Gasteiger partial charge is 0.229 e. The molecule has 0 spiro atoms. The molecule has 3 heterocycles. The number of carbonyl (C=O) groups is 1. The molecule has 2 atom stereocenters. The molecule has 1 aliphatic carbocycles. The highest BCUT2D eigenvalue weighted by Gasteiger charge is 2.44. The summed E-state index contributed by atoms with van der Waals surface area (Å²) in [7, 11) is 1.86. The number of carbonyl (C=O) groups excluding carboxylic acids is 1. The highest BCUT2D eigenvalue weighted by Crippen LogP contribution is 2.48. The Morgan fingerprint density at radius 1 is 0.977 bits per heavy atom. The van der Waals surface area contributed by atoms with Gasteiger partial charge in [-0.1, -0.05) is 60.7 Å². The van der Waals surface area contributed by atoms with Crippen molar-refractivity contribution in [2.24, 2.45) is 18.0 Å². The average Bonchev–Trinajstić information content (AvgIpc) is 3.73. The van der Waals surface area contributed by atoms with Gasteiger partial charge in [0.15, 0.2) is 5.82 Å². The molecule has 44 heavy (non-hydrogen) atoms. The number of rotatable bonds is 7. The maximum Gasteiger partial charge on any atom is 0.229 e. The third-order valence-corrected chi connectivity index (χ3v) is 7.93. The summed E-state index contributed by atoms with van der Waals surface area (Å²) in [5, 5.41) is 16.7. The van der Waals surface area contributed by atoms with Crippen molar-refractivity contribution in [3.8, 4) is 11.1 Å². The summed E-state index contributed by atoms with van der Waals surface area (Å²) in [4.78, 5) is 22.1. The molecule has 8 nitrogen and oxygen atoms in total. The van der Waals surface area contributed by atoms with Crippen LogP contribution in [0.1, 0.15) is 34.6 Å². The minimum Gasteiger partial charge on any atom is -0.309 e. The summed E-state index contributed by atoms with van der Waals surface area (Å²) in [6.07, 6.45) is 5.95. The van der Waals surface area contributed by atoms with E-state index in [9.17, 15) is 4.79 Å². The molecule has 216 valence electrons. The lowest BCUT2D eigenvalue weighted by atomic mass is 9.99. The third kappa shape index (κ3) is 5.35. The molecule has 3 aromatic carbocycles. The van der Waals surface area contributed by atoms with Crippen molar-refractivity contribution in [3.05, 3.63) is 132 Å². The lowest BCUT2D eigenvalue weighted by Crippen LogP contribution is -2.15. The highest BCUT2D eigenvalue weighted by atomic mass is 19.1. The molecule has 1 fully saturated rings. The van der Waals surface area contributed by atoms with Crippen LogP contribution in [-0.2, 0) is 11.8 Å². The number of pyridine rings is 1. The maximum atomic E-state index is 15.1. The zero-order chi connectivity index (χ0) is 30.2. The van der Waals surface area contributed by atoms with Gasteiger partial charge in [-0.25, -0.2) is 9.98 Å². The van der Waals surface area contributed by atoms with Gasteiger partial charge in [-0.2, -0.15) is 9.49 Å². The largest absolute Gasteiger partial charge is 0.309 e. The molecular formula is C35H28FN7O. The SMILES string of the molecule is Cc1ccnc(F)c1-c1cc(N=C(c2ccccc2)c2ccccc2)c2nnc(NC(=O)[C@H]3C[C@@H]3c3cnn(C)c3)cc2c1. The van der Waals surface area contributed by atoms with Crippen LogP contribution in [0.4, 0.5) is 15.9 Å². The number of hydrogen-bond acceptors (Lipinski definition) is 6. The van der Waals surface area contributed by atoms with Crippen molar-refractivity contribution >= 4 is 34.0 Å². The lowest BCUT2D eigenvalue weighted by Gasteiger charge is -2.13. The number of nitrogens with one attached hydrogen (secondary N) is 1. The molecule has 1 saturated carbocycles. The van der Waals surface area contributed by atoms with Crippen LogP contribution in [0.25, 0.3) is 22.0 Å². The van der Waals surface area contributed by atoms with Crippen LogP contribution in [0.2, 0.25) is 0 Å².